The van der Waals surface area contributed by atoms with Crippen molar-refractivity contribution in [2.45, 2.75) is 160 Å². The summed E-state index contributed by atoms with van der Waals surface area (Å²) in [4.78, 5) is 37.7. The fourth-order valence-corrected chi connectivity index (χ4v) is 12.8. The van der Waals surface area contributed by atoms with Gasteiger partial charge in [-0.3, -0.25) is 9.59 Å². The summed E-state index contributed by atoms with van der Waals surface area (Å²) in [7, 11) is 0. The quantitative estimate of drug-likeness (QED) is 0.161. The van der Waals surface area contributed by atoms with Crippen molar-refractivity contribution in [3.8, 4) is 0 Å². The molecule has 7 rings (SSSR count). The van der Waals surface area contributed by atoms with Crippen LogP contribution < -0.4 is 0 Å². The first kappa shape index (κ1) is 42.8. The molecular formula is C41H60O16. The van der Waals surface area contributed by atoms with Crippen molar-refractivity contribution in [1.82, 2.24) is 0 Å². The molecule has 2 aliphatic heterocycles. The minimum atomic E-state index is -1.97. The van der Waals surface area contributed by atoms with E-state index in [4.69, 9.17) is 18.9 Å². The topological polar surface area (TPSA) is 270 Å². The Labute approximate surface area is 331 Å². The molecule has 16 nitrogen and oxygen atoms in total. The van der Waals surface area contributed by atoms with Gasteiger partial charge in [0.15, 0.2) is 24.5 Å². The molecule has 0 aromatic carbocycles. The summed E-state index contributed by atoms with van der Waals surface area (Å²) in [6.45, 7) is 9.39. The molecule has 0 amide bonds. The van der Waals surface area contributed by atoms with Gasteiger partial charge in [0, 0.05) is 11.8 Å². The molecule has 0 spiro atoms. The van der Waals surface area contributed by atoms with Crippen LogP contribution in [0.2, 0.25) is 0 Å². The second-order valence-corrected chi connectivity index (χ2v) is 19.3. The van der Waals surface area contributed by atoms with Crippen LogP contribution in [0.4, 0.5) is 0 Å². The fourth-order valence-electron chi connectivity index (χ4n) is 12.8. The van der Waals surface area contributed by atoms with E-state index in [1.54, 1.807) is 13.0 Å². The zero-order valence-corrected chi connectivity index (χ0v) is 33.2. The third-order valence-corrected chi connectivity index (χ3v) is 16.2. The maximum Gasteiger partial charge on any atom is 0.335 e. The number of carbonyl (C=O) groups excluding carboxylic acids is 1. The van der Waals surface area contributed by atoms with Crippen LogP contribution in [0.15, 0.2) is 22.8 Å². The van der Waals surface area contributed by atoms with Crippen LogP contribution >= 0.6 is 0 Å². The van der Waals surface area contributed by atoms with Gasteiger partial charge in [0.25, 0.3) is 0 Å². The summed E-state index contributed by atoms with van der Waals surface area (Å²) < 4.78 is 23.5. The van der Waals surface area contributed by atoms with Gasteiger partial charge in [0.2, 0.25) is 0 Å². The lowest BCUT2D eigenvalue weighted by Crippen LogP contribution is -2.68. The normalized spacial score (nSPS) is 51.4. The van der Waals surface area contributed by atoms with Crippen LogP contribution in [-0.4, -0.2) is 144 Å². The minimum Gasteiger partial charge on any atom is -0.481 e. The average Bonchev–Trinajstić information content (AvgIpc) is 3.28. The maximum atomic E-state index is 13.0. The van der Waals surface area contributed by atoms with E-state index in [1.165, 1.54) is 0 Å². The number of allylic oxidation sites excluding steroid dienone is 3. The van der Waals surface area contributed by atoms with Gasteiger partial charge >= 0.3 is 11.9 Å². The van der Waals surface area contributed by atoms with Gasteiger partial charge in [0.1, 0.15) is 36.6 Å². The Balaban J connectivity index is 1.19. The lowest BCUT2D eigenvalue weighted by molar-refractivity contribution is -0.367. The van der Waals surface area contributed by atoms with Gasteiger partial charge in [-0.15, -0.1) is 0 Å². The highest BCUT2D eigenvalue weighted by atomic mass is 16.8. The monoisotopic (exact) mass is 808 g/mol. The van der Waals surface area contributed by atoms with Crippen molar-refractivity contribution < 1.29 is 79.3 Å². The molecule has 7 aliphatic rings. The number of carboxylic acids is 2. The zero-order valence-electron chi connectivity index (χ0n) is 33.2. The molecule has 3 saturated carbocycles. The Morgan fingerprint density at radius 3 is 2.19 bits per heavy atom. The molecule has 9 N–H and O–H groups in total. The number of rotatable bonds is 7. The minimum absolute atomic E-state index is 0.0502. The first-order valence-electron chi connectivity index (χ1n) is 20.3. The molecule has 0 bridgehead atoms. The van der Waals surface area contributed by atoms with Crippen molar-refractivity contribution in [3.05, 3.63) is 22.8 Å². The predicted molar refractivity (Wildman–Crippen MR) is 196 cm³/mol. The standard InChI is InChI=1S/C41H60O16/c1-37(36(52)53)14-19(43)12-18-6-10-41(5)26(20(18)15-37)21(44)13-24-38(2)9-8-25(39(3,17-42)23(38)7-11-40(24,41)4)55-35-32(29(48)28(47)31(56-35)33(50)51)57-34-30(49)27(46)22(45)16-54-34/h12,21-25,27-32,34-35,42,44-49H,6-11,13-17H2,1-5H3,(H,50,51)(H,52,53)/t21-,22+,23+,24+,25-,27-,28-,29-,30+,31-,32+,34-,35+,37+,38-,39+,40+,41+/m0/s1. The van der Waals surface area contributed by atoms with Gasteiger partial charge in [-0.2, -0.15) is 0 Å². The van der Waals surface area contributed by atoms with Crippen molar-refractivity contribution in [2.24, 2.45) is 38.9 Å². The number of aliphatic hydroxyl groups excluding tert-OH is 7. The summed E-state index contributed by atoms with van der Waals surface area (Å²) in [5.41, 5.74) is -1.16. The molecule has 0 aromatic rings. The molecule has 57 heavy (non-hydrogen) atoms. The van der Waals surface area contributed by atoms with Gasteiger partial charge < -0.3 is 64.9 Å². The van der Waals surface area contributed by atoms with Crippen molar-refractivity contribution in [2.75, 3.05) is 13.2 Å². The molecule has 2 saturated heterocycles. The van der Waals surface area contributed by atoms with E-state index in [-0.39, 0.29) is 42.5 Å². The van der Waals surface area contributed by atoms with E-state index in [0.29, 0.717) is 44.9 Å². The Morgan fingerprint density at radius 1 is 0.842 bits per heavy atom. The number of ether oxygens (including phenoxy) is 4. The predicted octanol–water partition coefficient (Wildman–Crippen LogP) is 0.800. The highest BCUT2D eigenvalue weighted by Gasteiger charge is 2.69. The van der Waals surface area contributed by atoms with Gasteiger partial charge in [0.05, 0.1) is 30.8 Å². The van der Waals surface area contributed by atoms with Crippen LogP contribution in [0, 0.1) is 38.9 Å². The average molecular weight is 809 g/mol. The number of hydrogen-bond donors (Lipinski definition) is 9. The summed E-state index contributed by atoms with van der Waals surface area (Å²) in [5, 5.41) is 96.4. The van der Waals surface area contributed by atoms with E-state index >= 15 is 0 Å². The highest BCUT2D eigenvalue weighted by molar-refractivity contribution is 5.96. The van der Waals surface area contributed by atoms with Gasteiger partial charge in [-0.25, -0.2) is 4.79 Å². The Bertz CT molecular complexity index is 1700. The van der Waals surface area contributed by atoms with E-state index in [0.717, 1.165) is 16.7 Å². The third-order valence-electron chi connectivity index (χ3n) is 16.2. The largest absolute Gasteiger partial charge is 0.481 e. The molecule has 0 radical (unpaired) electrons. The smallest absolute Gasteiger partial charge is 0.335 e. The molecule has 320 valence electrons. The maximum absolute atomic E-state index is 13.0. The highest BCUT2D eigenvalue weighted by Crippen LogP contribution is 2.74. The number of hydrogen-bond acceptors (Lipinski definition) is 14. The molecule has 5 fully saturated rings. The summed E-state index contributed by atoms with van der Waals surface area (Å²) in [6.07, 6.45) is -11.6. The number of aliphatic carboxylic acids is 2. The van der Waals surface area contributed by atoms with E-state index < -0.39 is 108 Å². The lowest BCUT2D eigenvalue weighted by Gasteiger charge is -2.71. The second kappa shape index (κ2) is 14.7. The van der Waals surface area contributed by atoms with E-state index in [2.05, 4.69) is 20.8 Å². The Morgan fingerprint density at radius 2 is 1.54 bits per heavy atom. The van der Waals surface area contributed by atoms with Crippen LogP contribution in [0.1, 0.15) is 92.4 Å². The van der Waals surface area contributed by atoms with Crippen molar-refractivity contribution in [3.63, 3.8) is 0 Å². The molecule has 2 heterocycles. The first-order valence-corrected chi connectivity index (χ1v) is 20.3. The molecular weight excluding hydrogens is 748 g/mol. The molecule has 0 unspecified atom stereocenters. The number of fused-ring (bicyclic) bond motifs is 6. The van der Waals surface area contributed by atoms with E-state index in [9.17, 15) is 60.3 Å². The van der Waals surface area contributed by atoms with Crippen LogP contribution in [0.3, 0.4) is 0 Å². The third kappa shape index (κ3) is 6.48. The van der Waals surface area contributed by atoms with E-state index in [1.807, 2.05) is 6.92 Å². The molecule has 18 atom stereocenters. The number of ketones is 1. The SMILES string of the molecule is C[C@@]1(C(=O)O)CC(=O)C=C2CC[C@]3(C)C(=C2C1)[C@@H](O)C[C@@H]1[C@@]2(C)CC[C@H](O[C@@H]4O[C@H](C(=O)O)[C@@H](O)[C@H](O)[C@H]4O[C@@H]4OC[C@@H](O)[C@H](O)[C@H]4O)[C@](C)(CO)[C@@H]2CC[C@]13C. The summed E-state index contributed by atoms with van der Waals surface area (Å²) >= 11 is 0. The molecule has 5 aliphatic carbocycles. The van der Waals surface area contributed by atoms with Crippen LogP contribution in [0.5, 0.6) is 0 Å². The number of carbonyl (C=O) groups is 3. The first-order chi connectivity index (χ1) is 26.6. The van der Waals surface area contributed by atoms with Crippen LogP contribution in [0.25, 0.3) is 0 Å². The summed E-state index contributed by atoms with van der Waals surface area (Å²) in [5.74, 6) is -3.07. The van der Waals surface area contributed by atoms with Gasteiger partial charge in [-0.05, 0) is 109 Å². The van der Waals surface area contributed by atoms with Crippen molar-refractivity contribution in [1.29, 1.82) is 0 Å². The summed E-state index contributed by atoms with van der Waals surface area (Å²) in [6, 6.07) is 0. The zero-order chi connectivity index (χ0) is 41.8. The van der Waals surface area contributed by atoms with Crippen molar-refractivity contribution >= 4 is 17.7 Å². The fraction of sp³-hybridized carbons (Fsp3) is 0.829. The number of carboxylic acid groups (broad SMARTS) is 2. The van der Waals surface area contributed by atoms with Gasteiger partial charge in [-0.1, -0.05) is 27.7 Å². The van der Waals surface area contributed by atoms with Crippen LogP contribution in [-0.2, 0) is 33.3 Å². The Kier molecular flexibility index (Phi) is 11.0. The molecule has 16 heteroatoms. The lowest BCUT2D eigenvalue weighted by atomic mass is 9.34. The molecule has 0 aromatic heterocycles. The Hall–Kier alpha value is -2.35. The number of aliphatic hydroxyl groups is 7. The second-order valence-electron chi connectivity index (χ2n) is 19.3.